The summed E-state index contributed by atoms with van der Waals surface area (Å²) in [6.07, 6.45) is 0.800. The molecule has 0 aliphatic rings. The highest BCUT2D eigenvalue weighted by atomic mass is 19.2. The largest absolute Gasteiger partial charge is 0.477 e. The number of aromatic carboxylic acids is 1. The van der Waals surface area contributed by atoms with Crippen molar-refractivity contribution in [2.45, 2.75) is 13.0 Å². The van der Waals surface area contributed by atoms with E-state index < -0.39 is 58.0 Å². The molecule has 1 heterocycles. The number of benzene rings is 1. The average Bonchev–Trinajstić information content (AvgIpc) is 2.44. The van der Waals surface area contributed by atoms with Crippen LogP contribution in [0.15, 0.2) is 17.1 Å². The first-order valence-electron chi connectivity index (χ1n) is 5.86. The fraction of sp³-hybridized carbons (Fsp3) is 0.231. The highest BCUT2D eigenvalue weighted by Gasteiger charge is 2.23. The second-order valence-electron chi connectivity index (χ2n) is 4.50. The molecule has 1 unspecified atom stereocenters. The van der Waals surface area contributed by atoms with Crippen molar-refractivity contribution in [1.29, 1.82) is 0 Å². The SMILES string of the molecule is CC(CO)n1cc(C(=O)O)c(=O)c2cc(F)c(F)c(F)c21. The van der Waals surface area contributed by atoms with E-state index in [1.165, 1.54) is 6.92 Å². The molecule has 0 bridgehead atoms. The second-order valence-corrected chi connectivity index (χ2v) is 4.50. The summed E-state index contributed by atoms with van der Waals surface area (Å²) in [5, 5.41) is 17.5. The van der Waals surface area contributed by atoms with E-state index in [4.69, 9.17) is 10.2 Å². The third-order valence-corrected chi connectivity index (χ3v) is 3.12. The summed E-state index contributed by atoms with van der Waals surface area (Å²) in [4.78, 5) is 23.0. The molecular weight excluding hydrogens is 291 g/mol. The van der Waals surface area contributed by atoms with Crippen molar-refractivity contribution in [2.24, 2.45) is 0 Å². The molecule has 112 valence electrons. The van der Waals surface area contributed by atoms with E-state index in [0.717, 1.165) is 10.8 Å². The molecule has 0 radical (unpaired) electrons. The van der Waals surface area contributed by atoms with Gasteiger partial charge in [-0.1, -0.05) is 0 Å². The van der Waals surface area contributed by atoms with Gasteiger partial charge in [-0.05, 0) is 13.0 Å². The topological polar surface area (TPSA) is 79.5 Å². The van der Waals surface area contributed by atoms with Crippen LogP contribution in [0.2, 0.25) is 0 Å². The normalized spacial score (nSPS) is 12.6. The summed E-state index contributed by atoms with van der Waals surface area (Å²) in [5.41, 5.74) is -2.45. The second kappa shape index (κ2) is 5.21. The Hall–Kier alpha value is -2.35. The first kappa shape index (κ1) is 15.0. The molecule has 2 N–H and O–H groups in total. The first-order chi connectivity index (χ1) is 9.79. The van der Waals surface area contributed by atoms with Crippen molar-refractivity contribution >= 4 is 16.9 Å². The number of carboxylic acid groups (broad SMARTS) is 1. The Morgan fingerprint density at radius 1 is 1.33 bits per heavy atom. The molecule has 0 aliphatic carbocycles. The van der Waals surface area contributed by atoms with Gasteiger partial charge in [-0.25, -0.2) is 18.0 Å². The highest BCUT2D eigenvalue weighted by Crippen LogP contribution is 2.24. The van der Waals surface area contributed by atoms with Gasteiger partial charge in [-0.3, -0.25) is 4.79 Å². The summed E-state index contributed by atoms with van der Waals surface area (Å²) < 4.78 is 41.5. The Bertz CT molecular complexity index is 800. The molecule has 8 heteroatoms. The highest BCUT2D eigenvalue weighted by molar-refractivity contribution is 5.92. The lowest BCUT2D eigenvalue weighted by atomic mass is 10.1. The van der Waals surface area contributed by atoms with Gasteiger partial charge in [-0.15, -0.1) is 0 Å². The number of pyridine rings is 1. The smallest absolute Gasteiger partial charge is 0.341 e. The Morgan fingerprint density at radius 2 is 1.95 bits per heavy atom. The number of hydrogen-bond acceptors (Lipinski definition) is 3. The zero-order valence-electron chi connectivity index (χ0n) is 10.7. The fourth-order valence-corrected chi connectivity index (χ4v) is 2.01. The zero-order chi connectivity index (χ0) is 15.9. The van der Waals surface area contributed by atoms with Crippen LogP contribution in [-0.4, -0.2) is 27.4 Å². The zero-order valence-corrected chi connectivity index (χ0v) is 10.7. The molecule has 0 fully saturated rings. The molecule has 1 aromatic heterocycles. The van der Waals surface area contributed by atoms with Crippen molar-refractivity contribution in [3.63, 3.8) is 0 Å². The van der Waals surface area contributed by atoms with Crippen LogP contribution in [0, 0.1) is 17.5 Å². The summed E-state index contributed by atoms with van der Waals surface area (Å²) in [6.45, 7) is 0.881. The number of fused-ring (bicyclic) bond motifs is 1. The lowest BCUT2D eigenvalue weighted by Crippen LogP contribution is -2.23. The summed E-state index contributed by atoms with van der Waals surface area (Å²) >= 11 is 0. The van der Waals surface area contributed by atoms with Crippen LogP contribution < -0.4 is 5.43 Å². The average molecular weight is 301 g/mol. The third kappa shape index (κ3) is 2.27. The third-order valence-electron chi connectivity index (χ3n) is 3.12. The van der Waals surface area contributed by atoms with Crippen molar-refractivity contribution in [2.75, 3.05) is 6.61 Å². The number of halogens is 3. The van der Waals surface area contributed by atoms with Gasteiger partial charge in [0.1, 0.15) is 5.56 Å². The van der Waals surface area contributed by atoms with Crippen molar-refractivity contribution in [1.82, 2.24) is 4.57 Å². The van der Waals surface area contributed by atoms with Gasteiger partial charge in [0, 0.05) is 6.20 Å². The molecule has 21 heavy (non-hydrogen) atoms. The van der Waals surface area contributed by atoms with Gasteiger partial charge in [-0.2, -0.15) is 0 Å². The lowest BCUT2D eigenvalue weighted by molar-refractivity contribution is 0.0694. The maximum atomic E-state index is 13.9. The lowest BCUT2D eigenvalue weighted by Gasteiger charge is -2.18. The van der Waals surface area contributed by atoms with Gasteiger partial charge in [0.25, 0.3) is 0 Å². The Morgan fingerprint density at radius 3 is 2.48 bits per heavy atom. The van der Waals surface area contributed by atoms with Crippen LogP contribution in [0.5, 0.6) is 0 Å². The number of carboxylic acids is 1. The maximum absolute atomic E-state index is 13.9. The molecule has 5 nitrogen and oxygen atoms in total. The Kier molecular flexibility index (Phi) is 3.73. The number of carbonyl (C=O) groups is 1. The van der Waals surface area contributed by atoms with Gasteiger partial charge < -0.3 is 14.8 Å². The minimum atomic E-state index is -1.77. The van der Waals surface area contributed by atoms with Gasteiger partial charge in [0.05, 0.1) is 23.6 Å². The van der Waals surface area contributed by atoms with E-state index >= 15 is 0 Å². The summed E-state index contributed by atoms with van der Waals surface area (Å²) in [5.74, 6) is -6.57. The summed E-state index contributed by atoms with van der Waals surface area (Å²) in [6, 6.07) is -0.395. The molecule has 0 saturated carbocycles. The van der Waals surface area contributed by atoms with Crippen LogP contribution in [0.4, 0.5) is 13.2 Å². The van der Waals surface area contributed by atoms with E-state index in [0.29, 0.717) is 6.07 Å². The monoisotopic (exact) mass is 301 g/mol. The summed E-state index contributed by atoms with van der Waals surface area (Å²) in [7, 11) is 0. The number of nitrogens with zero attached hydrogens (tertiary/aromatic N) is 1. The van der Waals surface area contributed by atoms with Crippen molar-refractivity contribution in [3.8, 4) is 0 Å². The molecule has 2 rings (SSSR count). The Labute approximate surface area is 115 Å². The number of aromatic nitrogens is 1. The van der Waals surface area contributed by atoms with Crippen molar-refractivity contribution in [3.05, 3.63) is 45.5 Å². The van der Waals surface area contributed by atoms with Crippen molar-refractivity contribution < 1.29 is 28.2 Å². The van der Waals surface area contributed by atoms with E-state index in [-0.39, 0.29) is 0 Å². The van der Waals surface area contributed by atoms with Crippen LogP contribution in [0.1, 0.15) is 23.3 Å². The van der Waals surface area contributed by atoms with Crippen LogP contribution in [0.25, 0.3) is 10.9 Å². The van der Waals surface area contributed by atoms with Crippen LogP contribution in [-0.2, 0) is 0 Å². The fourth-order valence-electron chi connectivity index (χ4n) is 2.01. The molecule has 0 saturated heterocycles. The number of aliphatic hydroxyl groups is 1. The molecule has 1 atom stereocenters. The molecule has 0 aliphatic heterocycles. The molecule has 0 spiro atoms. The van der Waals surface area contributed by atoms with E-state index in [1.807, 2.05) is 0 Å². The van der Waals surface area contributed by atoms with Gasteiger partial charge in [0.15, 0.2) is 17.5 Å². The molecule has 2 aromatic rings. The van der Waals surface area contributed by atoms with E-state index in [9.17, 15) is 22.8 Å². The predicted molar refractivity (Wildman–Crippen MR) is 66.8 cm³/mol. The predicted octanol–water partition coefficient (Wildman–Crippen LogP) is 1.67. The molecule has 1 aromatic carbocycles. The minimum absolute atomic E-state index is 0.448. The van der Waals surface area contributed by atoms with Gasteiger partial charge >= 0.3 is 5.97 Å². The minimum Gasteiger partial charge on any atom is -0.477 e. The van der Waals surface area contributed by atoms with Crippen LogP contribution in [0.3, 0.4) is 0 Å². The molecule has 0 amide bonds. The van der Waals surface area contributed by atoms with Gasteiger partial charge in [0.2, 0.25) is 5.43 Å². The number of aliphatic hydroxyl groups excluding tert-OH is 1. The first-order valence-corrected chi connectivity index (χ1v) is 5.86. The van der Waals surface area contributed by atoms with E-state index in [1.54, 1.807) is 0 Å². The standard InChI is InChI=1S/C13H10F3NO4/c1-5(4-18)17-3-7(13(20)21)12(19)6-2-8(14)9(15)10(16)11(6)17/h2-3,5,18H,4H2,1H3,(H,20,21). The number of rotatable bonds is 3. The molecular formula is C13H10F3NO4. The maximum Gasteiger partial charge on any atom is 0.341 e. The Balaban J connectivity index is 3.07. The number of hydrogen-bond donors (Lipinski definition) is 2. The van der Waals surface area contributed by atoms with E-state index in [2.05, 4.69) is 0 Å². The van der Waals surface area contributed by atoms with Crippen LogP contribution >= 0.6 is 0 Å². The quantitative estimate of drug-likeness (QED) is 0.845.